The van der Waals surface area contributed by atoms with Crippen molar-refractivity contribution in [2.45, 2.75) is 18.6 Å². The molecule has 3 heterocycles. The van der Waals surface area contributed by atoms with E-state index in [9.17, 15) is 4.79 Å². The Morgan fingerprint density at radius 2 is 1.88 bits per heavy atom. The number of rotatable bonds is 2. The maximum Gasteiger partial charge on any atom is 0.270 e. The van der Waals surface area contributed by atoms with Crippen molar-refractivity contribution in [2.75, 3.05) is 33.4 Å². The van der Waals surface area contributed by atoms with Crippen LogP contribution >= 0.6 is 0 Å². The lowest BCUT2D eigenvalue weighted by molar-refractivity contribution is -0.181. The number of piperidine rings is 1. The molecule has 6 nitrogen and oxygen atoms in total. The van der Waals surface area contributed by atoms with Crippen LogP contribution in [0.2, 0.25) is 0 Å². The van der Waals surface area contributed by atoms with Gasteiger partial charge in [0.25, 0.3) is 5.91 Å². The van der Waals surface area contributed by atoms with Crippen molar-refractivity contribution < 1.29 is 19.0 Å². The van der Waals surface area contributed by atoms with Gasteiger partial charge in [-0.1, -0.05) is 0 Å². The Hall–Kier alpha value is -2.05. The average Bonchev–Trinajstić information content (AvgIpc) is 3.19. The van der Waals surface area contributed by atoms with Crippen molar-refractivity contribution in [1.29, 1.82) is 0 Å². The van der Waals surface area contributed by atoms with Crippen LogP contribution in [0.5, 0.6) is 5.75 Å². The standard InChI is InChI=1S/C18H22N2O4/c1-19-15-4-3-14(22-2)11-13(15)12-16(19)17(21)20-7-5-18(6-8-20)23-9-10-24-18/h3-4,11-12H,5-10H2,1-2H3. The number of amides is 1. The van der Waals surface area contributed by atoms with E-state index in [1.54, 1.807) is 7.11 Å². The zero-order valence-corrected chi connectivity index (χ0v) is 14.1. The summed E-state index contributed by atoms with van der Waals surface area (Å²) in [5.74, 6) is 0.395. The number of aryl methyl sites for hydroxylation is 1. The van der Waals surface area contributed by atoms with Crippen molar-refractivity contribution in [3.63, 3.8) is 0 Å². The van der Waals surface area contributed by atoms with Gasteiger partial charge in [-0.3, -0.25) is 4.79 Å². The number of fused-ring (bicyclic) bond motifs is 1. The third-order valence-corrected chi connectivity index (χ3v) is 5.09. The highest BCUT2D eigenvalue weighted by molar-refractivity contribution is 5.99. The van der Waals surface area contributed by atoms with Gasteiger partial charge in [0.05, 0.1) is 20.3 Å². The Morgan fingerprint density at radius 1 is 1.17 bits per heavy atom. The van der Waals surface area contributed by atoms with E-state index in [-0.39, 0.29) is 5.91 Å². The lowest BCUT2D eigenvalue weighted by atomic mass is 10.0. The maximum atomic E-state index is 12.9. The molecule has 2 aromatic rings. The number of hydrogen-bond donors (Lipinski definition) is 0. The minimum Gasteiger partial charge on any atom is -0.497 e. The first-order chi connectivity index (χ1) is 11.6. The van der Waals surface area contributed by atoms with Crippen LogP contribution in [0.15, 0.2) is 24.3 Å². The van der Waals surface area contributed by atoms with Crippen LogP contribution in [-0.2, 0) is 16.5 Å². The molecule has 2 aliphatic rings. The number of benzene rings is 1. The molecule has 1 aromatic heterocycles. The summed E-state index contributed by atoms with van der Waals surface area (Å²) in [6.07, 6.45) is 1.47. The monoisotopic (exact) mass is 330 g/mol. The van der Waals surface area contributed by atoms with Gasteiger partial charge in [0.1, 0.15) is 11.4 Å². The molecule has 0 radical (unpaired) electrons. The topological polar surface area (TPSA) is 52.9 Å². The third-order valence-electron chi connectivity index (χ3n) is 5.09. The van der Waals surface area contributed by atoms with Crippen LogP contribution in [0.4, 0.5) is 0 Å². The summed E-state index contributed by atoms with van der Waals surface area (Å²) in [5, 5.41) is 1.01. The largest absolute Gasteiger partial charge is 0.497 e. The third kappa shape index (κ3) is 2.46. The Kier molecular flexibility index (Phi) is 3.73. The van der Waals surface area contributed by atoms with Crippen molar-refractivity contribution in [3.8, 4) is 5.75 Å². The number of likely N-dealkylation sites (tertiary alicyclic amines) is 1. The Balaban J connectivity index is 1.56. The fraction of sp³-hybridized carbons (Fsp3) is 0.500. The summed E-state index contributed by atoms with van der Waals surface area (Å²) < 4.78 is 18.7. The Morgan fingerprint density at radius 3 is 2.54 bits per heavy atom. The van der Waals surface area contributed by atoms with E-state index >= 15 is 0 Å². The van der Waals surface area contributed by atoms with Crippen molar-refractivity contribution >= 4 is 16.8 Å². The van der Waals surface area contributed by atoms with Crippen LogP contribution < -0.4 is 4.74 Å². The zero-order chi connectivity index (χ0) is 16.7. The molecule has 0 aliphatic carbocycles. The second kappa shape index (κ2) is 5.79. The molecule has 0 bridgehead atoms. The fourth-order valence-corrected chi connectivity index (χ4v) is 3.66. The minimum atomic E-state index is -0.455. The molecule has 2 fully saturated rings. The van der Waals surface area contributed by atoms with Crippen molar-refractivity contribution in [2.24, 2.45) is 7.05 Å². The number of nitrogens with zero attached hydrogens (tertiary/aromatic N) is 2. The van der Waals surface area contributed by atoms with Gasteiger partial charge in [-0.05, 0) is 24.3 Å². The van der Waals surface area contributed by atoms with Crippen molar-refractivity contribution in [1.82, 2.24) is 9.47 Å². The molecule has 6 heteroatoms. The predicted octanol–water partition coefficient (Wildman–Crippen LogP) is 2.17. The first-order valence-electron chi connectivity index (χ1n) is 8.33. The number of ether oxygens (including phenoxy) is 3. The van der Waals surface area contributed by atoms with Crippen LogP contribution in [0, 0.1) is 0 Å². The Labute approximate surface area is 140 Å². The van der Waals surface area contributed by atoms with Crippen LogP contribution in [0.3, 0.4) is 0 Å². The lowest BCUT2D eigenvalue weighted by Crippen LogP contribution is -2.47. The predicted molar refractivity (Wildman–Crippen MR) is 89.2 cm³/mol. The average molecular weight is 330 g/mol. The van der Waals surface area contributed by atoms with Gasteiger partial charge >= 0.3 is 0 Å². The number of methoxy groups -OCH3 is 1. The summed E-state index contributed by atoms with van der Waals surface area (Å²) in [5.41, 5.74) is 1.72. The quantitative estimate of drug-likeness (QED) is 0.847. The van der Waals surface area contributed by atoms with Gasteiger partial charge in [0, 0.05) is 43.9 Å². The highest BCUT2D eigenvalue weighted by Crippen LogP contribution is 2.32. The minimum absolute atomic E-state index is 0.0560. The van der Waals surface area contributed by atoms with Gasteiger partial charge in [0.2, 0.25) is 0 Å². The van der Waals surface area contributed by atoms with E-state index in [2.05, 4.69) is 0 Å². The first-order valence-corrected chi connectivity index (χ1v) is 8.33. The second-order valence-electron chi connectivity index (χ2n) is 6.41. The first kappa shape index (κ1) is 15.5. The molecule has 1 spiro atoms. The number of aromatic nitrogens is 1. The van der Waals surface area contributed by atoms with Gasteiger partial charge in [-0.2, -0.15) is 0 Å². The molecular formula is C18H22N2O4. The normalized spacial score (nSPS) is 20.0. The molecule has 24 heavy (non-hydrogen) atoms. The van der Waals surface area contributed by atoms with Gasteiger partial charge in [-0.15, -0.1) is 0 Å². The smallest absolute Gasteiger partial charge is 0.270 e. The van der Waals surface area contributed by atoms with E-state index in [1.807, 2.05) is 40.8 Å². The molecule has 2 saturated heterocycles. The summed E-state index contributed by atoms with van der Waals surface area (Å²) in [6.45, 7) is 2.62. The van der Waals surface area contributed by atoms with Crippen molar-refractivity contribution in [3.05, 3.63) is 30.0 Å². The lowest BCUT2D eigenvalue weighted by Gasteiger charge is -2.37. The summed E-state index contributed by atoms with van der Waals surface area (Å²) in [6, 6.07) is 7.79. The molecule has 4 rings (SSSR count). The Bertz CT molecular complexity index is 767. The zero-order valence-electron chi connectivity index (χ0n) is 14.1. The molecule has 0 unspecified atom stereocenters. The van der Waals surface area contributed by atoms with Crippen LogP contribution in [-0.4, -0.2) is 54.6 Å². The summed E-state index contributed by atoms with van der Waals surface area (Å²) >= 11 is 0. The van der Waals surface area contributed by atoms with Crippen LogP contribution in [0.1, 0.15) is 23.3 Å². The molecule has 0 N–H and O–H groups in total. The molecule has 1 aromatic carbocycles. The molecular weight excluding hydrogens is 308 g/mol. The highest BCUT2D eigenvalue weighted by Gasteiger charge is 2.41. The number of hydrogen-bond acceptors (Lipinski definition) is 4. The molecule has 0 atom stereocenters. The van der Waals surface area contributed by atoms with Gasteiger partial charge in [0.15, 0.2) is 5.79 Å². The SMILES string of the molecule is COc1ccc2c(c1)cc(C(=O)N1CCC3(CC1)OCCO3)n2C. The number of carbonyl (C=O) groups excluding carboxylic acids is 1. The van der Waals surface area contributed by atoms with E-state index in [0.717, 1.165) is 29.5 Å². The number of carbonyl (C=O) groups is 1. The summed E-state index contributed by atoms with van der Waals surface area (Å²) in [7, 11) is 3.57. The molecule has 0 saturated carbocycles. The highest BCUT2D eigenvalue weighted by atomic mass is 16.7. The maximum absolute atomic E-state index is 12.9. The fourth-order valence-electron chi connectivity index (χ4n) is 3.66. The van der Waals surface area contributed by atoms with Gasteiger partial charge < -0.3 is 23.7 Å². The second-order valence-corrected chi connectivity index (χ2v) is 6.41. The molecule has 128 valence electrons. The summed E-state index contributed by atoms with van der Waals surface area (Å²) in [4.78, 5) is 14.8. The van der Waals surface area contributed by atoms with E-state index in [0.29, 0.717) is 32.0 Å². The van der Waals surface area contributed by atoms with E-state index in [4.69, 9.17) is 14.2 Å². The van der Waals surface area contributed by atoms with E-state index in [1.165, 1.54) is 0 Å². The van der Waals surface area contributed by atoms with E-state index < -0.39 is 5.79 Å². The molecule has 1 amide bonds. The van der Waals surface area contributed by atoms with Gasteiger partial charge in [-0.25, -0.2) is 0 Å². The van der Waals surface area contributed by atoms with Crippen LogP contribution in [0.25, 0.3) is 10.9 Å². The molecule has 2 aliphatic heterocycles.